The van der Waals surface area contributed by atoms with Crippen molar-refractivity contribution in [3.05, 3.63) is 176 Å². The van der Waals surface area contributed by atoms with Gasteiger partial charge in [0.15, 0.2) is 0 Å². The van der Waals surface area contributed by atoms with Crippen LogP contribution in [-0.4, -0.2) is 13.4 Å². The van der Waals surface area contributed by atoms with Crippen LogP contribution in [0.3, 0.4) is 0 Å². The smallest absolute Gasteiger partial charge is 0.0626 e. The highest BCUT2D eigenvalue weighted by Gasteiger charge is 2.26. The lowest BCUT2D eigenvalue weighted by atomic mass is 9.93. The van der Waals surface area contributed by atoms with Gasteiger partial charge in [-0.15, -0.1) is 0 Å². The molecule has 0 fully saturated rings. The molecule has 14 aromatic rings. The third-order valence-corrected chi connectivity index (χ3v) is 12.6. The normalized spacial score (nSPS) is 12.7. The Morgan fingerprint density at radius 3 is 1.62 bits per heavy atom. The van der Waals surface area contributed by atoms with Gasteiger partial charge in [-0.25, -0.2) is 0 Å². The zero-order valence-corrected chi connectivity index (χ0v) is 29.6. The number of fused-ring (bicyclic) bond motifs is 17. The molecule has 0 unspecified atom stereocenters. The van der Waals surface area contributed by atoms with E-state index in [4.69, 9.17) is 0 Å². The lowest BCUT2D eigenvalue weighted by Crippen LogP contribution is -1.93. The van der Waals surface area contributed by atoms with Crippen molar-refractivity contribution in [2.75, 3.05) is 0 Å². The molecule has 0 atom stereocenters. The molecule has 5 heterocycles. The van der Waals surface area contributed by atoms with Crippen LogP contribution in [0.25, 0.3) is 126 Å². The molecule has 0 amide bonds. The molecule has 5 aromatic heterocycles. The molecule has 0 N–H and O–H groups in total. The number of aromatic nitrogens is 3. The van der Waals surface area contributed by atoms with E-state index >= 15 is 0 Å². The number of hydrogen-bond donors (Lipinski definition) is 0. The Balaban J connectivity index is 1.17. The summed E-state index contributed by atoms with van der Waals surface area (Å²) < 4.78 is 7.50. The summed E-state index contributed by atoms with van der Waals surface area (Å²) in [5.74, 6) is 0. The molecule has 252 valence electrons. The molecule has 3 heteroatoms. The fourth-order valence-corrected chi connectivity index (χ4v) is 10.6. The van der Waals surface area contributed by atoms with Crippen molar-refractivity contribution in [3.8, 4) is 16.8 Å². The first-order valence-electron chi connectivity index (χ1n) is 19.1. The van der Waals surface area contributed by atoms with Gasteiger partial charge in [-0.3, -0.25) is 0 Å². The number of nitrogens with zero attached hydrogens (tertiary/aromatic N) is 3. The van der Waals surface area contributed by atoms with Gasteiger partial charge in [0.25, 0.3) is 0 Å². The fourth-order valence-electron chi connectivity index (χ4n) is 10.6. The fraction of sp³-hybridized carbons (Fsp3) is 0. The SMILES string of the molecule is c1ccc(-n2c3ccccc3c3cc(-c4c5ccccc5cc5c6cccc7c8c9c%10cccc%11c%12ccccc%12n(c9ccc8n(c45)c67)c%11%10)ccc32)cc1. The quantitative estimate of drug-likeness (QED) is 0.171. The van der Waals surface area contributed by atoms with Crippen molar-refractivity contribution in [1.29, 1.82) is 0 Å². The van der Waals surface area contributed by atoms with Gasteiger partial charge < -0.3 is 13.4 Å². The number of para-hydroxylation sites is 5. The van der Waals surface area contributed by atoms with Crippen LogP contribution in [0.5, 0.6) is 0 Å². The summed E-state index contributed by atoms with van der Waals surface area (Å²) in [5, 5.41) is 15.6. The average Bonchev–Trinajstić information content (AvgIpc) is 4.03. The Morgan fingerprint density at radius 1 is 0.291 bits per heavy atom. The molecule has 0 saturated heterocycles. The lowest BCUT2D eigenvalue weighted by Gasteiger charge is -2.13. The van der Waals surface area contributed by atoms with Crippen LogP contribution in [0.2, 0.25) is 0 Å². The van der Waals surface area contributed by atoms with Crippen LogP contribution in [0.15, 0.2) is 176 Å². The van der Waals surface area contributed by atoms with Gasteiger partial charge in [0.2, 0.25) is 0 Å². The van der Waals surface area contributed by atoms with E-state index in [-0.39, 0.29) is 0 Å². The first-order chi connectivity index (χ1) is 27.3. The lowest BCUT2D eigenvalue weighted by molar-refractivity contribution is 1.18. The number of rotatable bonds is 2. The largest absolute Gasteiger partial charge is 0.309 e. The summed E-state index contributed by atoms with van der Waals surface area (Å²) in [7, 11) is 0. The third-order valence-electron chi connectivity index (χ3n) is 12.6. The van der Waals surface area contributed by atoms with Crippen molar-refractivity contribution in [2.24, 2.45) is 0 Å². The van der Waals surface area contributed by atoms with Gasteiger partial charge in [-0.1, -0.05) is 121 Å². The van der Waals surface area contributed by atoms with E-state index in [1.807, 2.05) is 0 Å². The molecule has 3 nitrogen and oxygen atoms in total. The molecule has 0 aliphatic carbocycles. The summed E-state index contributed by atoms with van der Waals surface area (Å²) in [4.78, 5) is 0. The Morgan fingerprint density at radius 2 is 0.836 bits per heavy atom. The predicted molar refractivity (Wildman–Crippen MR) is 233 cm³/mol. The Labute approximate surface area is 313 Å². The summed E-state index contributed by atoms with van der Waals surface area (Å²) >= 11 is 0. The highest BCUT2D eigenvalue weighted by atomic mass is 15.0. The van der Waals surface area contributed by atoms with E-state index in [0.717, 1.165) is 0 Å². The maximum Gasteiger partial charge on any atom is 0.0626 e. The van der Waals surface area contributed by atoms with Gasteiger partial charge in [-0.2, -0.15) is 0 Å². The molecule has 0 saturated carbocycles. The Bertz CT molecular complexity index is 3930. The van der Waals surface area contributed by atoms with Crippen molar-refractivity contribution in [3.63, 3.8) is 0 Å². The van der Waals surface area contributed by atoms with Crippen molar-refractivity contribution in [1.82, 2.24) is 13.4 Å². The van der Waals surface area contributed by atoms with E-state index in [0.29, 0.717) is 0 Å². The van der Waals surface area contributed by atoms with Crippen molar-refractivity contribution < 1.29 is 0 Å². The molecular formula is C52H29N3. The summed E-state index contributed by atoms with van der Waals surface area (Å²) in [6.45, 7) is 0. The van der Waals surface area contributed by atoms with E-state index in [9.17, 15) is 0 Å². The van der Waals surface area contributed by atoms with Gasteiger partial charge in [0, 0.05) is 65.1 Å². The molecule has 9 aromatic carbocycles. The first kappa shape index (κ1) is 28.2. The molecular weight excluding hydrogens is 667 g/mol. The number of hydrogen-bond acceptors (Lipinski definition) is 0. The molecule has 0 aliphatic rings. The topological polar surface area (TPSA) is 13.8 Å². The van der Waals surface area contributed by atoms with Crippen molar-refractivity contribution in [2.45, 2.75) is 0 Å². The molecule has 55 heavy (non-hydrogen) atoms. The van der Waals surface area contributed by atoms with Crippen LogP contribution in [-0.2, 0) is 0 Å². The average molecular weight is 696 g/mol. The second kappa shape index (κ2) is 9.79. The summed E-state index contributed by atoms with van der Waals surface area (Å²) in [6.07, 6.45) is 0. The van der Waals surface area contributed by atoms with Gasteiger partial charge in [-0.05, 0) is 70.9 Å². The third kappa shape index (κ3) is 3.31. The second-order valence-electron chi connectivity index (χ2n) is 15.2. The summed E-state index contributed by atoms with van der Waals surface area (Å²) in [5.41, 5.74) is 13.8. The van der Waals surface area contributed by atoms with E-state index < -0.39 is 0 Å². The monoisotopic (exact) mass is 695 g/mol. The summed E-state index contributed by atoms with van der Waals surface area (Å²) in [6, 6.07) is 65.5. The predicted octanol–water partition coefficient (Wildman–Crippen LogP) is 13.9. The highest BCUT2D eigenvalue weighted by molar-refractivity contribution is 6.36. The van der Waals surface area contributed by atoms with E-state index in [2.05, 4.69) is 189 Å². The molecule has 0 aliphatic heterocycles. The van der Waals surface area contributed by atoms with Gasteiger partial charge in [0.05, 0.1) is 44.1 Å². The molecule has 0 radical (unpaired) electrons. The zero-order chi connectivity index (χ0) is 35.5. The van der Waals surface area contributed by atoms with Crippen LogP contribution in [0, 0.1) is 0 Å². The van der Waals surface area contributed by atoms with Crippen LogP contribution >= 0.6 is 0 Å². The van der Waals surface area contributed by atoms with Crippen LogP contribution in [0.1, 0.15) is 0 Å². The van der Waals surface area contributed by atoms with E-state index in [1.165, 1.54) is 126 Å². The van der Waals surface area contributed by atoms with Gasteiger partial charge >= 0.3 is 0 Å². The second-order valence-corrected chi connectivity index (χ2v) is 15.2. The standard InChI is InChI=1S/C52H29N3/c1-2-13-32(14-3-1)53-42-22-8-7-17-35(42)40-29-31(24-25-44(40)53)47-33-15-5-4-12-30(33)28-41-37-19-11-21-39-49-46(55(51(37)39)52(41)47)27-26-45-48(49)38-20-10-18-36-34-16-6-9-23-43(34)54(45)50(36)38/h1-29H. The molecule has 0 bridgehead atoms. The maximum absolute atomic E-state index is 2.60. The Kier molecular flexibility index (Phi) is 5.01. The maximum atomic E-state index is 2.60. The minimum Gasteiger partial charge on any atom is -0.309 e. The minimum absolute atomic E-state index is 1.17. The van der Waals surface area contributed by atoms with Crippen LogP contribution in [0.4, 0.5) is 0 Å². The van der Waals surface area contributed by atoms with E-state index in [1.54, 1.807) is 0 Å². The molecule has 14 rings (SSSR count). The molecule has 0 spiro atoms. The minimum atomic E-state index is 1.17. The van der Waals surface area contributed by atoms with Crippen LogP contribution < -0.4 is 0 Å². The Hall–Kier alpha value is -7.36. The zero-order valence-electron chi connectivity index (χ0n) is 29.6. The first-order valence-corrected chi connectivity index (χ1v) is 19.1. The number of benzene rings is 9. The van der Waals surface area contributed by atoms with Crippen molar-refractivity contribution >= 4 is 109 Å². The highest BCUT2D eigenvalue weighted by Crippen LogP contribution is 2.49. The van der Waals surface area contributed by atoms with Gasteiger partial charge in [0.1, 0.15) is 0 Å².